The van der Waals surface area contributed by atoms with Gasteiger partial charge in [0.15, 0.2) is 22.4 Å². The Balaban J connectivity index is 1.14. The molecule has 22 nitrogen and oxygen atoms in total. The van der Waals surface area contributed by atoms with Crippen molar-refractivity contribution in [2.45, 2.75) is 146 Å². The van der Waals surface area contributed by atoms with Crippen LogP contribution in [0.3, 0.4) is 0 Å². The first kappa shape index (κ1) is 70.0. The van der Waals surface area contributed by atoms with Crippen molar-refractivity contribution in [2.24, 2.45) is 35.5 Å². The van der Waals surface area contributed by atoms with Crippen molar-refractivity contribution < 1.29 is 76.9 Å². The number of phenolic OH excluding ortho intramolecular Hbond substituents is 1. The Hall–Kier alpha value is -7.91. The number of allylic oxidation sites excluding steroid dienone is 3. The molecule has 1 fully saturated rings. The number of fused-ring (bicyclic) bond motifs is 14. The van der Waals surface area contributed by atoms with Gasteiger partial charge in [-0.2, -0.15) is 0 Å². The first-order valence-electron chi connectivity index (χ1n) is 31.3. The molecule has 1 unspecified atom stereocenters. The van der Waals surface area contributed by atoms with Gasteiger partial charge >= 0.3 is 23.7 Å². The van der Waals surface area contributed by atoms with E-state index in [1.165, 1.54) is 58.2 Å². The standard InChI is InChI=1S/C69H87N4O18P/c1-36(2)35-72-23-25-73(26-24-72)46-31-49(76)56-50(32-46)89-65-57(70-56)53-54-60(80)44(10)64-55(53)66(82)69(14,91-64)87-29-22-37(3)41(7)63(88-45(11)75)43(9)59(79)42(8)62(39(5)17-15-18-40(6)67(83)71-58(65)61(54)81)90-51(77)19-16-28-86-52(78)34-68(12,13)48-33-47(21-20-38(48)4)92(84,85)30-27-74/h15,17-18,20-22,27,29,31-33,36-37,39,41-43,59,62-63,79-80,82H,16,19,23-26,28,30,34-35H2,1-14H3,(H,71,83)(H,84,85)/b17-15+,29-22+,40-18-/t37-,39-,41+,42-,43+,59+,62-,63+,69-/m0/s1. The average molecular weight is 1290 g/mol. The third-order valence-corrected chi connectivity index (χ3v) is 19.9. The average Bonchev–Trinajstić information content (AvgIpc) is 1.35. The molecule has 0 radical (unpaired) electrons. The second kappa shape index (κ2) is 28.1. The fourth-order valence-electron chi connectivity index (χ4n) is 12.7. The van der Waals surface area contributed by atoms with Gasteiger partial charge in [0, 0.05) is 116 Å². The van der Waals surface area contributed by atoms with E-state index in [9.17, 15) is 53.5 Å². The minimum atomic E-state index is -3.96. The topological polar surface area (TPSA) is 308 Å². The molecule has 0 aliphatic carbocycles. The molecule has 5 aromatic rings. The number of phenols is 1. The van der Waals surface area contributed by atoms with Crippen molar-refractivity contribution in [3.63, 3.8) is 0 Å². The number of aliphatic hydroxyl groups excluding tert-OH is 2. The second-order valence-corrected chi connectivity index (χ2v) is 28.6. The number of esters is 3. The number of aryl methyl sites for hydroxylation is 1. The molecule has 10 atom stereocenters. The molecular weight excluding hydrogens is 1200 g/mol. The molecular formula is C69H87N4O18P. The third-order valence-electron chi connectivity index (χ3n) is 18.2. The van der Waals surface area contributed by atoms with Crippen molar-refractivity contribution >= 4 is 92.9 Å². The number of piperazine rings is 1. The van der Waals surface area contributed by atoms with Crippen LogP contribution in [-0.2, 0) is 52.9 Å². The summed E-state index contributed by atoms with van der Waals surface area (Å²) in [6.07, 6.45) is 3.94. The minimum absolute atomic E-state index is 0.00136. The van der Waals surface area contributed by atoms with Gasteiger partial charge in [0.05, 0.1) is 42.2 Å². The molecule has 5 heterocycles. The number of hydrogen-bond donors (Lipinski definition) is 5. The van der Waals surface area contributed by atoms with E-state index in [0.717, 1.165) is 25.2 Å². The number of hydrogen-bond acceptors (Lipinski definition) is 20. The molecule has 1 aromatic heterocycles. The number of benzene rings is 4. The number of carbonyl (C=O) groups is 5. The van der Waals surface area contributed by atoms with Crippen LogP contribution in [0.2, 0.25) is 0 Å². The van der Waals surface area contributed by atoms with Crippen molar-refractivity contribution in [3.8, 4) is 11.5 Å². The number of aromatic hydroxyl groups is 1. The number of anilines is 2. The second-order valence-electron chi connectivity index (χ2n) is 26.3. The molecule has 4 aromatic carbocycles. The van der Waals surface area contributed by atoms with Gasteiger partial charge in [-0.1, -0.05) is 86.6 Å². The maximum Gasteiger partial charge on any atom is 0.307 e. The molecule has 9 rings (SSSR count). The molecule has 5 N–H and O–H groups in total. The zero-order valence-electron chi connectivity index (χ0n) is 54.9. The summed E-state index contributed by atoms with van der Waals surface area (Å²) in [7, 11) is -3.96. The SMILES string of the molecule is CC(=O)O[C@H]1[C@H](C)[C@H](O)[C@H](C)[C@@H](OC(=O)CCCOC(=O)CC(C)(C)c2cc(P(=O)(O)CC=O)ccc2C)[C@@H](C)/C=C/C=C(/C)C(=O)Nc2c(=O)c3c(O)c(C)c4c(c3c3nc5c(=O)cc(N6CCN(CC(C)C)CC6)cc5oc23)=C(O)[C@@](C)(O/C=C/[C@H](C)[C@H]1C)O4. The number of ether oxygens (including phenoxy) is 5. The van der Waals surface area contributed by atoms with Crippen LogP contribution in [-0.4, -0.2) is 130 Å². The molecule has 0 saturated carbocycles. The zero-order chi connectivity index (χ0) is 67.6. The number of aldehydes is 1. The Labute approximate surface area is 534 Å². The lowest BCUT2D eigenvalue weighted by atomic mass is 9.77. The van der Waals surface area contributed by atoms with Gasteiger partial charge in [0.1, 0.15) is 41.2 Å². The van der Waals surface area contributed by atoms with Gasteiger partial charge in [-0.3, -0.25) is 38.2 Å². The zero-order valence-corrected chi connectivity index (χ0v) is 55.8. The van der Waals surface area contributed by atoms with Crippen LogP contribution in [0.4, 0.5) is 11.4 Å². The third kappa shape index (κ3) is 14.8. The van der Waals surface area contributed by atoms with Crippen LogP contribution >= 0.6 is 7.37 Å². The van der Waals surface area contributed by atoms with Crippen molar-refractivity contribution in [2.75, 3.05) is 55.7 Å². The quantitative estimate of drug-likeness (QED) is 0.0125. The first-order chi connectivity index (χ1) is 43.2. The Morgan fingerprint density at radius 1 is 0.902 bits per heavy atom. The highest BCUT2D eigenvalue weighted by atomic mass is 31.2. The normalized spacial score (nSPS) is 25.6. The summed E-state index contributed by atoms with van der Waals surface area (Å²) in [6, 6.07) is 7.81. The molecule has 1 amide bonds. The monoisotopic (exact) mass is 1290 g/mol. The van der Waals surface area contributed by atoms with Crippen molar-refractivity contribution in [1.82, 2.24) is 9.88 Å². The smallest absolute Gasteiger partial charge is 0.307 e. The van der Waals surface area contributed by atoms with Gasteiger partial charge in [0.2, 0.25) is 18.2 Å². The molecule has 4 aliphatic heterocycles. The van der Waals surface area contributed by atoms with Gasteiger partial charge < -0.3 is 63.3 Å². The lowest BCUT2D eigenvalue weighted by Gasteiger charge is -2.38. The van der Waals surface area contributed by atoms with E-state index in [-0.39, 0.29) is 86.3 Å². The van der Waals surface area contributed by atoms with Crippen LogP contribution in [0, 0.1) is 49.4 Å². The number of aromatic nitrogens is 1. The van der Waals surface area contributed by atoms with Crippen LogP contribution in [0.15, 0.2) is 80.5 Å². The summed E-state index contributed by atoms with van der Waals surface area (Å²) < 4.78 is 49.8. The number of carbonyl (C=O) groups excluding carboxylic acids is 5. The Bertz CT molecular complexity index is 4030. The maximum absolute atomic E-state index is 15.2. The first-order valence-corrected chi connectivity index (χ1v) is 33.2. The van der Waals surface area contributed by atoms with Crippen LogP contribution in [0.25, 0.3) is 38.7 Å². The fourth-order valence-corrected chi connectivity index (χ4v) is 13.8. The van der Waals surface area contributed by atoms with Crippen molar-refractivity contribution in [3.05, 3.63) is 109 Å². The summed E-state index contributed by atoms with van der Waals surface area (Å²) >= 11 is 0. The molecule has 5 bridgehead atoms. The van der Waals surface area contributed by atoms with Crippen LogP contribution < -0.4 is 36.3 Å². The predicted molar refractivity (Wildman–Crippen MR) is 350 cm³/mol. The maximum atomic E-state index is 15.2. The van der Waals surface area contributed by atoms with E-state index in [1.807, 2.05) is 13.8 Å². The summed E-state index contributed by atoms with van der Waals surface area (Å²) in [5.74, 6) is -8.65. The molecule has 496 valence electrons. The van der Waals surface area contributed by atoms with Gasteiger partial charge in [-0.05, 0) is 74.3 Å². The summed E-state index contributed by atoms with van der Waals surface area (Å²) in [4.78, 5) is 115. The van der Waals surface area contributed by atoms with Gasteiger partial charge in [-0.15, -0.1) is 0 Å². The molecule has 23 heteroatoms. The highest BCUT2D eigenvalue weighted by molar-refractivity contribution is 7.66. The largest absolute Gasteiger partial charge is 0.507 e. The summed E-state index contributed by atoms with van der Waals surface area (Å²) in [5, 5.41) is 38.9. The minimum Gasteiger partial charge on any atom is -0.507 e. The highest BCUT2D eigenvalue weighted by Crippen LogP contribution is 2.44. The predicted octanol–water partition coefficient (Wildman–Crippen LogP) is 8.60. The molecule has 4 aliphatic rings. The van der Waals surface area contributed by atoms with E-state index in [4.69, 9.17) is 33.1 Å². The van der Waals surface area contributed by atoms with E-state index in [1.54, 1.807) is 71.9 Å². The van der Waals surface area contributed by atoms with Gasteiger partial charge in [-0.25, -0.2) is 4.98 Å². The van der Waals surface area contributed by atoms with E-state index >= 15 is 4.79 Å². The van der Waals surface area contributed by atoms with Crippen LogP contribution in [0.5, 0.6) is 11.5 Å². The Morgan fingerprint density at radius 3 is 2.25 bits per heavy atom. The molecule has 92 heavy (non-hydrogen) atoms. The number of amides is 1. The van der Waals surface area contributed by atoms with E-state index in [0.29, 0.717) is 36.5 Å². The van der Waals surface area contributed by atoms with Crippen LogP contribution in [0.1, 0.15) is 119 Å². The Kier molecular flexibility index (Phi) is 21.4. The van der Waals surface area contributed by atoms with E-state index in [2.05, 4.69) is 29.0 Å². The van der Waals surface area contributed by atoms with Gasteiger partial charge in [0.25, 0.3) is 5.91 Å². The lowest BCUT2D eigenvalue weighted by Crippen LogP contribution is -2.47. The summed E-state index contributed by atoms with van der Waals surface area (Å²) in [5.41, 5.74) is -1.22. The number of aliphatic hydroxyl groups is 2. The lowest BCUT2D eigenvalue weighted by molar-refractivity contribution is -0.164. The number of nitrogens with one attached hydrogen (secondary N) is 1. The number of nitrogens with zero attached hydrogens (tertiary/aromatic N) is 3. The highest BCUT2D eigenvalue weighted by Gasteiger charge is 2.45. The molecule has 1 saturated heterocycles. The molecule has 0 spiro atoms. The fraction of sp³-hybridized carbons (Fsp3) is 0.507. The Morgan fingerprint density at radius 2 is 1.59 bits per heavy atom. The number of rotatable bonds is 15. The van der Waals surface area contributed by atoms with Crippen molar-refractivity contribution in [1.29, 1.82) is 0 Å². The van der Waals surface area contributed by atoms with E-state index < -0.39 is 125 Å². The summed E-state index contributed by atoms with van der Waals surface area (Å²) in [6.45, 7) is 27.7.